The topological polar surface area (TPSA) is 78.5 Å². The molecule has 0 aromatic heterocycles. The molecular formula is C19H29N3O3S. The number of carbonyl (C=O) groups is 1. The van der Waals surface area contributed by atoms with E-state index in [1.807, 2.05) is 19.1 Å². The summed E-state index contributed by atoms with van der Waals surface area (Å²) in [6.45, 7) is 2.81. The number of aryl methyl sites for hydroxylation is 1. The molecule has 7 heteroatoms. The molecule has 2 N–H and O–H groups in total. The molecule has 1 saturated carbocycles. The molecule has 1 aromatic rings. The van der Waals surface area contributed by atoms with E-state index in [0.29, 0.717) is 30.8 Å². The molecule has 1 heterocycles. The van der Waals surface area contributed by atoms with Crippen LogP contribution in [-0.2, 0) is 10.0 Å². The van der Waals surface area contributed by atoms with Crippen molar-refractivity contribution >= 4 is 16.1 Å². The molecule has 6 nitrogen and oxygen atoms in total. The molecule has 0 spiro atoms. The molecule has 0 radical (unpaired) electrons. The third-order valence-electron chi connectivity index (χ3n) is 5.39. The first kappa shape index (κ1) is 19.2. The summed E-state index contributed by atoms with van der Waals surface area (Å²) in [5.74, 6) is 0. The molecule has 0 bridgehead atoms. The van der Waals surface area contributed by atoms with Gasteiger partial charge in [0.1, 0.15) is 0 Å². The van der Waals surface area contributed by atoms with E-state index in [4.69, 9.17) is 0 Å². The van der Waals surface area contributed by atoms with E-state index in [2.05, 4.69) is 10.6 Å². The Morgan fingerprint density at radius 1 is 0.923 bits per heavy atom. The van der Waals surface area contributed by atoms with Gasteiger partial charge in [-0.3, -0.25) is 0 Å². The lowest BCUT2D eigenvalue weighted by Crippen LogP contribution is -2.51. The van der Waals surface area contributed by atoms with Crippen LogP contribution in [0.2, 0.25) is 0 Å². The van der Waals surface area contributed by atoms with Crippen molar-refractivity contribution in [3.63, 3.8) is 0 Å². The smallest absolute Gasteiger partial charge is 0.315 e. The zero-order chi connectivity index (χ0) is 18.6. The number of nitrogens with one attached hydrogen (secondary N) is 2. The lowest BCUT2D eigenvalue weighted by molar-refractivity contribution is 0.220. The highest BCUT2D eigenvalue weighted by atomic mass is 32.2. The number of urea groups is 1. The van der Waals surface area contributed by atoms with E-state index >= 15 is 0 Å². The number of rotatable bonds is 4. The molecule has 144 valence electrons. The third kappa shape index (κ3) is 4.76. The zero-order valence-corrected chi connectivity index (χ0v) is 16.2. The molecule has 1 aliphatic carbocycles. The average molecular weight is 380 g/mol. The van der Waals surface area contributed by atoms with Crippen molar-refractivity contribution in [2.75, 3.05) is 13.1 Å². The molecule has 0 atom stereocenters. The van der Waals surface area contributed by atoms with Crippen LogP contribution < -0.4 is 10.6 Å². The summed E-state index contributed by atoms with van der Waals surface area (Å²) in [4.78, 5) is 12.5. The molecule has 1 saturated heterocycles. The van der Waals surface area contributed by atoms with Crippen molar-refractivity contribution in [1.29, 1.82) is 0 Å². The number of carbonyl (C=O) groups excluding carboxylic acids is 1. The van der Waals surface area contributed by atoms with Gasteiger partial charge < -0.3 is 10.6 Å². The first-order chi connectivity index (χ1) is 12.4. The minimum absolute atomic E-state index is 0.0306. The van der Waals surface area contributed by atoms with Crippen LogP contribution in [0.25, 0.3) is 0 Å². The minimum Gasteiger partial charge on any atom is -0.335 e. The first-order valence-corrected chi connectivity index (χ1v) is 11.0. The van der Waals surface area contributed by atoms with Gasteiger partial charge in [-0.05, 0) is 44.7 Å². The van der Waals surface area contributed by atoms with Gasteiger partial charge in [0.15, 0.2) is 0 Å². The van der Waals surface area contributed by atoms with Crippen LogP contribution in [0.4, 0.5) is 4.79 Å². The number of sulfonamides is 1. The van der Waals surface area contributed by atoms with E-state index in [0.717, 1.165) is 18.4 Å². The SMILES string of the molecule is Cc1ccc(S(=O)(=O)N2CCC(NC(=O)NC3CCCCC3)CC2)cc1. The van der Waals surface area contributed by atoms with Gasteiger partial charge in [-0.1, -0.05) is 37.0 Å². The van der Waals surface area contributed by atoms with Crippen LogP contribution in [0, 0.1) is 6.92 Å². The number of nitrogens with zero attached hydrogens (tertiary/aromatic N) is 1. The number of amides is 2. The van der Waals surface area contributed by atoms with Gasteiger partial charge in [-0.25, -0.2) is 13.2 Å². The zero-order valence-electron chi connectivity index (χ0n) is 15.4. The fraction of sp³-hybridized carbons (Fsp3) is 0.632. The largest absolute Gasteiger partial charge is 0.335 e. The number of piperidine rings is 1. The van der Waals surface area contributed by atoms with Crippen LogP contribution in [0.1, 0.15) is 50.5 Å². The van der Waals surface area contributed by atoms with Crippen LogP contribution in [0.15, 0.2) is 29.2 Å². The third-order valence-corrected chi connectivity index (χ3v) is 7.30. The van der Waals surface area contributed by atoms with E-state index < -0.39 is 10.0 Å². The molecule has 2 amide bonds. The van der Waals surface area contributed by atoms with Gasteiger partial charge in [0.25, 0.3) is 0 Å². The quantitative estimate of drug-likeness (QED) is 0.844. The summed E-state index contributed by atoms with van der Waals surface area (Å²) in [7, 11) is -3.45. The standard InChI is InChI=1S/C19H29N3O3S/c1-15-7-9-18(10-8-15)26(24,25)22-13-11-17(12-14-22)21-19(23)20-16-5-3-2-4-6-16/h7-10,16-17H,2-6,11-14H2,1H3,(H2,20,21,23). The van der Waals surface area contributed by atoms with Gasteiger partial charge in [0.05, 0.1) is 4.90 Å². The monoisotopic (exact) mass is 379 g/mol. The Balaban J connectivity index is 1.49. The second-order valence-corrected chi connectivity index (χ2v) is 9.38. The molecule has 26 heavy (non-hydrogen) atoms. The Kier molecular flexibility index (Phi) is 6.19. The molecule has 2 aliphatic rings. The van der Waals surface area contributed by atoms with Crippen molar-refractivity contribution in [3.8, 4) is 0 Å². The maximum Gasteiger partial charge on any atom is 0.315 e. The lowest BCUT2D eigenvalue weighted by Gasteiger charge is -2.32. The van der Waals surface area contributed by atoms with Crippen molar-refractivity contribution in [3.05, 3.63) is 29.8 Å². The molecule has 0 unspecified atom stereocenters. The Morgan fingerprint density at radius 3 is 2.04 bits per heavy atom. The summed E-state index contributed by atoms with van der Waals surface area (Å²) in [5.41, 5.74) is 1.04. The highest BCUT2D eigenvalue weighted by Crippen LogP contribution is 2.21. The van der Waals surface area contributed by atoms with Gasteiger partial charge >= 0.3 is 6.03 Å². The van der Waals surface area contributed by atoms with E-state index in [9.17, 15) is 13.2 Å². The summed E-state index contributed by atoms with van der Waals surface area (Å²) in [6, 6.07) is 7.15. The van der Waals surface area contributed by atoms with Crippen LogP contribution >= 0.6 is 0 Å². The first-order valence-electron chi connectivity index (χ1n) is 9.59. The maximum atomic E-state index is 12.7. The average Bonchev–Trinajstić information content (AvgIpc) is 2.63. The normalized spacial score (nSPS) is 20.7. The van der Waals surface area contributed by atoms with Gasteiger partial charge in [0.2, 0.25) is 10.0 Å². The van der Waals surface area contributed by atoms with Gasteiger partial charge in [0, 0.05) is 25.2 Å². The summed E-state index contributed by atoms with van der Waals surface area (Å²) in [6.07, 6.45) is 7.02. The Morgan fingerprint density at radius 2 is 1.46 bits per heavy atom. The highest BCUT2D eigenvalue weighted by Gasteiger charge is 2.30. The van der Waals surface area contributed by atoms with Gasteiger partial charge in [-0.15, -0.1) is 0 Å². The molecular weight excluding hydrogens is 350 g/mol. The molecule has 1 aliphatic heterocycles. The Hall–Kier alpha value is -1.60. The molecule has 2 fully saturated rings. The van der Waals surface area contributed by atoms with Crippen molar-refractivity contribution in [1.82, 2.24) is 14.9 Å². The number of benzene rings is 1. The van der Waals surface area contributed by atoms with Crippen LogP contribution in [0.5, 0.6) is 0 Å². The molecule has 3 rings (SSSR count). The van der Waals surface area contributed by atoms with Crippen LogP contribution in [0.3, 0.4) is 0 Å². The number of hydrogen-bond acceptors (Lipinski definition) is 3. The summed E-state index contributed by atoms with van der Waals surface area (Å²) in [5, 5.41) is 6.07. The minimum atomic E-state index is -3.45. The van der Waals surface area contributed by atoms with Crippen molar-refractivity contribution in [2.45, 2.75) is 68.8 Å². The Bertz CT molecular complexity index is 704. The molecule has 1 aromatic carbocycles. The number of hydrogen-bond donors (Lipinski definition) is 2. The second kappa shape index (κ2) is 8.39. The fourth-order valence-corrected chi connectivity index (χ4v) is 5.23. The Labute approximate surface area is 156 Å². The van der Waals surface area contributed by atoms with E-state index in [-0.39, 0.29) is 18.1 Å². The van der Waals surface area contributed by atoms with Crippen molar-refractivity contribution < 1.29 is 13.2 Å². The van der Waals surface area contributed by atoms with E-state index in [1.54, 1.807) is 12.1 Å². The summed E-state index contributed by atoms with van der Waals surface area (Å²) < 4.78 is 27.0. The maximum absolute atomic E-state index is 12.7. The van der Waals surface area contributed by atoms with Gasteiger partial charge in [-0.2, -0.15) is 4.31 Å². The van der Waals surface area contributed by atoms with Crippen molar-refractivity contribution in [2.24, 2.45) is 0 Å². The van der Waals surface area contributed by atoms with Crippen LogP contribution in [-0.4, -0.2) is 43.9 Å². The predicted octanol–water partition coefficient (Wildman–Crippen LogP) is 2.78. The second-order valence-electron chi connectivity index (χ2n) is 7.44. The highest BCUT2D eigenvalue weighted by molar-refractivity contribution is 7.89. The fourth-order valence-electron chi connectivity index (χ4n) is 3.76. The lowest BCUT2D eigenvalue weighted by atomic mass is 9.96. The van der Waals surface area contributed by atoms with E-state index in [1.165, 1.54) is 23.6 Å². The summed E-state index contributed by atoms with van der Waals surface area (Å²) >= 11 is 0. The predicted molar refractivity (Wildman–Crippen MR) is 102 cm³/mol.